The van der Waals surface area contributed by atoms with E-state index in [1.54, 1.807) is 12.1 Å². The Morgan fingerprint density at radius 1 is 0.808 bits per heavy atom. The van der Waals surface area contributed by atoms with Gasteiger partial charge in [-0.15, -0.1) is 0 Å². The SMILES string of the molecule is CC(O)(C(=O)O)c1ccc(-c2cc3ccccc3c3ccccc23)cc1. The number of carbonyl (C=O) groups is 1. The number of rotatable bonds is 3. The second-order valence-electron chi connectivity index (χ2n) is 6.65. The van der Waals surface area contributed by atoms with Crippen molar-refractivity contribution in [2.75, 3.05) is 0 Å². The molecule has 4 rings (SSSR count). The summed E-state index contributed by atoms with van der Waals surface area (Å²) in [5.74, 6) is -1.26. The molecule has 0 saturated carbocycles. The molecule has 0 aliphatic heterocycles. The lowest BCUT2D eigenvalue weighted by molar-refractivity contribution is -0.157. The van der Waals surface area contributed by atoms with Crippen molar-refractivity contribution >= 4 is 27.5 Å². The smallest absolute Gasteiger partial charge is 0.340 e. The molecule has 3 nitrogen and oxygen atoms in total. The van der Waals surface area contributed by atoms with Crippen molar-refractivity contribution in [1.29, 1.82) is 0 Å². The van der Waals surface area contributed by atoms with E-state index in [2.05, 4.69) is 30.3 Å². The van der Waals surface area contributed by atoms with Crippen LogP contribution in [0.25, 0.3) is 32.7 Å². The Kier molecular flexibility index (Phi) is 3.74. The fraction of sp³-hybridized carbons (Fsp3) is 0.0870. The highest BCUT2D eigenvalue weighted by molar-refractivity contribution is 6.13. The molecule has 0 fully saturated rings. The summed E-state index contributed by atoms with van der Waals surface area (Å²) in [7, 11) is 0. The average Bonchev–Trinajstić information content (AvgIpc) is 2.67. The van der Waals surface area contributed by atoms with Crippen molar-refractivity contribution in [3.05, 3.63) is 84.4 Å². The molecule has 3 heteroatoms. The Bertz CT molecular complexity index is 1130. The van der Waals surface area contributed by atoms with Crippen molar-refractivity contribution in [3.8, 4) is 11.1 Å². The Hall–Kier alpha value is -3.17. The predicted molar refractivity (Wildman–Crippen MR) is 104 cm³/mol. The number of benzene rings is 4. The van der Waals surface area contributed by atoms with Crippen molar-refractivity contribution < 1.29 is 15.0 Å². The minimum Gasteiger partial charge on any atom is -0.479 e. The summed E-state index contributed by atoms with van der Waals surface area (Å²) in [6.07, 6.45) is 0. The molecule has 0 spiro atoms. The molecule has 0 radical (unpaired) electrons. The second kappa shape index (κ2) is 5.97. The van der Waals surface area contributed by atoms with Crippen LogP contribution in [-0.4, -0.2) is 16.2 Å². The molecular weight excluding hydrogens is 324 g/mol. The largest absolute Gasteiger partial charge is 0.479 e. The summed E-state index contributed by atoms with van der Waals surface area (Å²) in [5, 5.41) is 24.0. The summed E-state index contributed by atoms with van der Waals surface area (Å²) in [5.41, 5.74) is 0.529. The zero-order chi connectivity index (χ0) is 18.3. The average molecular weight is 342 g/mol. The van der Waals surface area contributed by atoms with Gasteiger partial charge in [0.1, 0.15) is 0 Å². The van der Waals surface area contributed by atoms with Crippen molar-refractivity contribution in [2.45, 2.75) is 12.5 Å². The quantitative estimate of drug-likeness (QED) is 0.518. The van der Waals surface area contributed by atoms with E-state index in [0.717, 1.165) is 21.9 Å². The molecule has 2 N–H and O–H groups in total. The fourth-order valence-corrected chi connectivity index (χ4v) is 3.39. The maximum absolute atomic E-state index is 11.2. The maximum atomic E-state index is 11.2. The molecular formula is C23H18O3. The molecule has 0 saturated heterocycles. The molecule has 0 aromatic heterocycles. The second-order valence-corrected chi connectivity index (χ2v) is 6.65. The van der Waals surface area contributed by atoms with E-state index >= 15 is 0 Å². The first-order valence-electron chi connectivity index (χ1n) is 8.45. The molecule has 1 unspecified atom stereocenters. The van der Waals surface area contributed by atoms with Gasteiger partial charge in [0.05, 0.1) is 0 Å². The van der Waals surface area contributed by atoms with Gasteiger partial charge in [0.25, 0.3) is 0 Å². The van der Waals surface area contributed by atoms with Gasteiger partial charge >= 0.3 is 5.97 Å². The Balaban J connectivity index is 1.92. The van der Waals surface area contributed by atoms with Crippen LogP contribution < -0.4 is 0 Å². The van der Waals surface area contributed by atoms with Gasteiger partial charge in [-0.2, -0.15) is 0 Å². The highest BCUT2D eigenvalue weighted by Gasteiger charge is 2.31. The van der Waals surface area contributed by atoms with Crippen molar-refractivity contribution in [2.24, 2.45) is 0 Å². The van der Waals surface area contributed by atoms with Gasteiger partial charge < -0.3 is 10.2 Å². The predicted octanol–water partition coefficient (Wildman–Crippen LogP) is 4.95. The zero-order valence-electron chi connectivity index (χ0n) is 14.3. The van der Waals surface area contributed by atoms with E-state index in [0.29, 0.717) is 5.56 Å². The van der Waals surface area contributed by atoms with Gasteiger partial charge in [-0.05, 0) is 51.2 Å². The lowest BCUT2D eigenvalue weighted by atomic mass is 9.90. The third-order valence-corrected chi connectivity index (χ3v) is 4.94. The molecule has 0 amide bonds. The summed E-state index contributed by atoms with van der Waals surface area (Å²) < 4.78 is 0. The molecule has 1 atom stereocenters. The minimum atomic E-state index is -1.90. The van der Waals surface area contributed by atoms with Crippen LogP contribution in [0.3, 0.4) is 0 Å². The third-order valence-electron chi connectivity index (χ3n) is 4.94. The summed E-state index contributed by atoms with van der Waals surface area (Å²) >= 11 is 0. The zero-order valence-corrected chi connectivity index (χ0v) is 14.3. The van der Waals surface area contributed by atoms with Crippen molar-refractivity contribution in [1.82, 2.24) is 0 Å². The van der Waals surface area contributed by atoms with Crippen LogP contribution in [0.4, 0.5) is 0 Å². The van der Waals surface area contributed by atoms with Crippen LogP contribution >= 0.6 is 0 Å². The molecule has 0 bridgehead atoms. The standard InChI is InChI=1S/C23H18O3/c1-23(26,22(24)25)17-12-10-15(11-13-17)21-14-16-6-2-3-7-18(16)19-8-4-5-9-20(19)21/h2-14,26H,1H3,(H,24,25). The maximum Gasteiger partial charge on any atom is 0.340 e. The molecule has 0 heterocycles. The minimum absolute atomic E-state index is 0.360. The Morgan fingerprint density at radius 2 is 1.38 bits per heavy atom. The number of fused-ring (bicyclic) bond motifs is 3. The Morgan fingerprint density at radius 3 is 2.04 bits per heavy atom. The summed E-state index contributed by atoms with van der Waals surface area (Å²) in [4.78, 5) is 11.2. The number of aliphatic carboxylic acids is 1. The molecule has 0 aliphatic rings. The first kappa shape index (κ1) is 16.3. The molecule has 4 aromatic rings. The van der Waals surface area contributed by atoms with Crippen LogP contribution in [0.2, 0.25) is 0 Å². The number of carboxylic acids is 1. The van der Waals surface area contributed by atoms with Crippen LogP contribution in [0.5, 0.6) is 0 Å². The molecule has 4 aromatic carbocycles. The van der Waals surface area contributed by atoms with Crippen LogP contribution in [-0.2, 0) is 10.4 Å². The first-order chi connectivity index (χ1) is 12.5. The van der Waals surface area contributed by atoms with E-state index in [-0.39, 0.29) is 0 Å². The van der Waals surface area contributed by atoms with Gasteiger partial charge in [0.2, 0.25) is 0 Å². The third kappa shape index (κ3) is 2.54. The monoisotopic (exact) mass is 342 g/mol. The van der Waals surface area contributed by atoms with E-state index in [4.69, 9.17) is 0 Å². The number of carboxylic acid groups (broad SMARTS) is 1. The van der Waals surface area contributed by atoms with E-state index in [1.807, 2.05) is 36.4 Å². The van der Waals surface area contributed by atoms with E-state index in [1.165, 1.54) is 17.7 Å². The molecule has 26 heavy (non-hydrogen) atoms. The Labute approximate surface area is 151 Å². The molecule has 128 valence electrons. The summed E-state index contributed by atoms with van der Waals surface area (Å²) in [6.45, 7) is 1.29. The van der Waals surface area contributed by atoms with Crippen LogP contribution in [0.1, 0.15) is 12.5 Å². The van der Waals surface area contributed by atoms with Gasteiger partial charge in [-0.25, -0.2) is 4.79 Å². The van der Waals surface area contributed by atoms with Crippen LogP contribution in [0.15, 0.2) is 78.9 Å². The van der Waals surface area contributed by atoms with Gasteiger partial charge in [-0.3, -0.25) is 0 Å². The lowest BCUT2D eigenvalue weighted by Gasteiger charge is -2.19. The lowest BCUT2D eigenvalue weighted by Crippen LogP contribution is -2.31. The number of aliphatic hydroxyl groups is 1. The van der Waals surface area contributed by atoms with Gasteiger partial charge in [0, 0.05) is 0 Å². The van der Waals surface area contributed by atoms with E-state index < -0.39 is 11.6 Å². The number of hydrogen-bond acceptors (Lipinski definition) is 2. The van der Waals surface area contributed by atoms with Gasteiger partial charge in [-0.1, -0.05) is 72.8 Å². The number of hydrogen-bond donors (Lipinski definition) is 2. The highest BCUT2D eigenvalue weighted by Crippen LogP contribution is 2.35. The highest BCUT2D eigenvalue weighted by atomic mass is 16.4. The fourth-order valence-electron chi connectivity index (χ4n) is 3.39. The van der Waals surface area contributed by atoms with E-state index in [9.17, 15) is 15.0 Å². The van der Waals surface area contributed by atoms with Crippen LogP contribution in [0, 0.1) is 0 Å². The first-order valence-corrected chi connectivity index (χ1v) is 8.45. The topological polar surface area (TPSA) is 57.5 Å². The van der Waals surface area contributed by atoms with Gasteiger partial charge in [0.15, 0.2) is 5.60 Å². The molecule has 0 aliphatic carbocycles. The summed E-state index contributed by atoms with van der Waals surface area (Å²) in [6, 6.07) is 25.8. The normalized spacial score (nSPS) is 13.6. The van der Waals surface area contributed by atoms with Crippen molar-refractivity contribution in [3.63, 3.8) is 0 Å².